The van der Waals surface area contributed by atoms with Crippen LogP contribution in [0.1, 0.15) is 354 Å². The zero-order chi connectivity index (χ0) is 51.4. The lowest BCUT2D eigenvalue weighted by molar-refractivity contribution is -0.143. The third kappa shape index (κ3) is 57.5. The minimum atomic E-state index is -0.864. The van der Waals surface area contributed by atoms with E-state index in [1.807, 2.05) is 6.08 Å². The van der Waals surface area contributed by atoms with Gasteiger partial charge in [-0.1, -0.05) is 308 Å². The van der Waals surface area contributed by atoms with Crippen molar-refractivity contribution >= 4 is 11.9 Å². The Labute approximate surface area is 443 Å². The molecular weight excluding hydrogens is 875 g/mol. The van der Waals surface area contributed by atoms with Gasteiger partial charge in [0.2, 0.25) is 5.91 Å². The van der Waals surface area contributed by atoms with Gasteiger partial charge in [-0.3, -0.25) is 9.59 Å². The Bertz CT molecular complexity index is 1110. The van der Waals surface area contributed by atoms with E-state index in [2.05, 4.69) is 31.3 Å². The van der Waals surface area contributed by atoms with Crippen molar-refractivity contribution in [3.63, 3.8) is 0 Å². The van der Waals surface area contributed by atoms with E-state index in [4.69, 9.17) is 4.74 Å². The molecule has 0 heterocycles. The molecule has 420 valence electrons. The first-order valence-electron chi connectivity index (χ1n) is 32.1. The van der Waals surface area contributed by atoms with Gasteiger partial charge in [-0.2, -0.15) is 0 Å². The number of hydrogen-bond acceptors (Lipinski definition) is 5. The molecule has 0 rings (SSSR count). The van der Waals surface area contributed by atoms with Gasteiger partial charge in [0.1, 0.15) is 0 Å². The summed E-state index contributed by atoms with van der Waals surface area (Å²) in [5.74, 6) is -0.120. The van der Waals surface area contributed by atoms with Gasteiger partial charge in [0.15, 0.2) is 0 Å². The second-order valence-corrected chi connectivity index (χ2v) is 22.1. The van der Waals surface area contributed by atoms with Crippen LogP contribution in [0, 0.1) is 0 Å². The molecule has 6 heteroatoms. The maximum atomic E-state index is 12.5. The molecule has 0 spiro atoms. The number of amides is 1. The first kappa shape index (κ1) is 69.3. The molecule has 0 aromatic rings. The average molecular weight is 1000 g/mol. The quantitative estimate of drug-likeness (QED) is 0.0320. The van der Waals surface area contributed by atoms with Crippen molar-refractivity contribution in [3.05, 3.63) is 24.3 Å². The highest BCUT2D eigenvalue weighted by molar-refractivity contribution is 5.76. The summed E-state index contributed by atoms with van der Waals surface area (Å²) in [6, 6.07) is -0.650. The number of nitrogens with one attached hydrogen (secondary N) is 1. The average Bonchev–Trinajstić information content (AvgIpc) is 3.37. The van der Waals surface area contributed by atoms with Gasteiger partial charge in [0, 0.05) is 12.8 Å². The van der Waals surface area contributed by atoms with Crippen molar-refractivity contribution < 1.29 is 24.5 Å². The van der Waals surface area contributed by atoms with Crippen molar-refractivity contribution in [2.24, 2.45) is 0 Å². The molecule has 0 radical (unpaired) electrons. The topological polar surface area (TPSA) is 95.9 Å². The van der Waals surface area contributed by atoms with E-state index >= 15 is 0 Å². The maximum absolute atomic E-state index is 12.5. The fourth-order valence-corrected chi connectivity index (χ4v) is 10.0. The predicted molar refractivity (Wildman–Crippen MR) is 310 cm³/mol. The first-order valence-corrected chi connectivity index (χ1v) is 32.1. The van der Waals surface area contributed by atoms with E-state index in [-0.39, 0.29) is 18.5 Å². The fraction of sp³-hybridized carbons (Fsp3) is 0.908. The minimum Gasteiger partial charge on any atom is -0.466 e. The van der Waals surface area contributed by atoms with E-state index in [1.54, 1.807) is 6.08 Å². The highest BCUT2D eigenvalue weighted by atomic mass is 16.5. The normalized spacial score (nSPS) is 12.7. The zero-order valence-electron chi connectivity index (χ0n) is 48.0. The van der Waals surface area contributed by atoms with Crippen LogP contribution in [-0.2, 0) is 14.3 Å². The molecule has 0 bridgehead atoms. The molecule has 1 amide bonds. The lowest BCUT2D eigenvalue weighted by Crippen LogP contribution is -2.45. The molecule has 0 saturated carbocycles. The summed E-state index contributed by atoms with van der Waals surface area (Å²) < 4.78 is 5.46. The number of ether oxygens (including phenoxy) is 1. The third-order valence-electron chi connectivity index (χ3n) is 15.0. The van der Waals surface area contributed by atoms with Crippen LogP contribution in [-0.4, -0.2) is 47.4 Å². The molecule has 0 saturated heterocycles. The molecular formula is C65H125NO5. The predicted octanol–water partition coefficient (Wildman–Crippen LogP) is 20.2. The molecule has 2 atom stereocenters. The standard InChI is InChI=1S/C65H125NO5/c1-3-5-7-9-11-13-15-17-19-21-23-24-25-26-27-28-29-30-32-34-37-41-45-49-53-57-63(68)62(61-67)66-64(69)58-54-50-46-42-38-36-40-44-48-52-56-60-71-65(70)59-55-51-47-43-39-35-33-31-22-20-18-16-14-12-10-8-6-4-2/h40,44,53,57,62-63,67-68H,3-39,41-43,45-52,54-56,58-61H2,1-2H3,(H,66,69)/b44-40-,57-53+. The van der Waals surface area contributed by atoms with Crippen LogP contribution in [0.4, 0.5) is 0 Å². The van der Waals surface area contributed by atoms with E-state index in [0.717, 1.165) is 83.5 Å². The number of aliphatic hydroxyl groups is 2. The number of hydrogen-bond donors (Lipinski definition) is 3. The molecule has 71 heavy (non-hydrogen) atoms. The van der Waals surface area contributed by atoms with Crippen LogP contribution in [0.3, 0.4) is 0 Å². The van der Waals surface area contributed by atoms with Crippen LogP contribution >= 0.6 is 0 Å². The van der Waals surface area contributed by atoms with Crippen molar-refractivity contribution in [2.75, 3.05) is 13.2 Å². The smallest absolute Gasteiger partial charge is 0.305 e. The molecule has 0 aliphatic carbocycles. The molecule has 0 aliphatic rings. The van der Waals surface area contributed by atoms with Gasteiger partial charge in [-0.25, -0.2) is 0 Å². The fourth-order valence-electron chi connectivity index (χ4n) is 10.0. The van der Waals surface area contributed by atoms with Crippen molar-refractivity contribution in [1.82, 2.24) is 5.32 Å². The third-order valence-corrected chi connectivity index (χ3v) is 15.0. The second kappa shape index (κ2) is 60.9. The van der Waals surface area contributed by atoms with Crippen LogP contribution in [0.15, 0.2) is 24.3 Å². The monoisotopic (exact) mass is 1000 g/mol. The van der Waals surface area contributed by atoms with E-state index in [1.165, 1.54) is 244 Å². The molecule has 0 aromatic heterocycles. The van der Waals surface area contributed by atoms with Crippen molar-refractivity contribution in [1.29, 1.82) is 0 Å². The van der Waals surface area contributed by atoms with Crippen LogP contribution < -0.4 is 5.32 Å². The largest absolute Gasteiger partial charge is 0.466 e. The van der Waals surface area contributed by atoms with Gasteiger partial charge < -0.3 is 20.3 Å². The molecule has 2 unspecified atom stereocenters. The first-order chi connectivity index (χ1) is 35.0. The summed E-state index contributed by atoms with van der Waals surface area (Å²) in [4.78, 5) is 24.6. The van der Waals surface area contributed by atoms with Crippen molar-refractivity contribution in [3.8, 4) is 0 Å². The number of aliphatic hydroxyl groups excluding tert-OH is 2. The van der Waals surface area contributed by atoms with Crippen LogP contribution in [0.2, 0.25) is 0 Å². The lowest BCUT2D eigenvalue weighted by atomic mass is 10.0. The number of carbonyl (C=O) groups excluding carboxylic acids is 2. The summed E-state index contributed by atoms with van der Waals surface area (Å²) in [5.41, 5.74) is 0. The van der Waals surface area contributed by atoms with Gasteiger partial charge in [0.05, 0.1) is 25.4 Å². The summed E-state index contributed by atoms with van der Waals surface area (Å²) in [6.45, 7) is 4.86. The summed E-state index contributed by atoms with van der Waals surface area (Å²) in [5, 5.41) is 23.2. The molecule has 6 nitrogen and oxygen atoms in total. The summed E-state index contributed by atoms with van der Waals surface area (Å²) in [6.07, 6.45) is 75.1. The summed E-state index contributed by atoms with van der Waals surface area (Å²) >= 11 is 0. The number of carbonyl (C=O) groups is 2. The molecule has 3 N–H and O–H groups in total. The second-order valence-electron chi connectivity index (χ2n) is 22.1. The van der Waals surface area contributed by atoms with Gasteiger partial charge >= 0.3 is 5.97 Å². The Morgan fingerprint density at radius 1 is 0.380 bits per heavy atom. The van der Waals surface area contributed by atoms with Crippen LogP contribution in [0.25, 0.3) is 0 Å². The number of esters is 1. The van der Waals surface area contributed by atoms with Gasteiger partial charge in [-0.15, -0.1) is 0 Å². The number of allylic oxidation sites excluding steroid dienone is 3. The highest BCUT2D eigenvalue weighted by Gasteiger charge is 2.18. The molecule has 0 fully saturated rings. The minimum absolute atomic E-state index is 0.0276. The van der Waals surface area contributed by atoms with Gasteiger partial charge in [-0.05, 0) is 57.8 Å². The van der Waals surface area contributed by atoms with Gasteiger partial charge in [0.25, 0.3) is 0 Å². The Hall–Kier alpha value is -1.66. The lowest BCUT2D eigenvalue weighted by Gasteiger charge is -2.20. The number of unbranched alkanes of at least 4 members (excludes halogenated alkanes) is 47. The van der Waals surface area contributed by atoms with E-state index in [9.17, 15) is 19.8 Å². The molecule has 0 aromatic carbocycles. The Kier molecular flexibility index (Phi) is 59.5. The maximum Gasteiger partial charge on any atom is 0.305 e. The molecule has 0 aliphatic heterocycles. The highest BCUT2D eigenvalue weighted by Crippen LogP contribution is 2.18. The summed E-state index contributed by atoms with van der Waals surface area (Å²) in [7, 11) is 0. The van der Waals surface area contributed by atoms with E-state index in [0.29, 0.717) is 19.4 Å². The Balaban J connectivity index is 3.50. The zero-order valence-corrected chi connectivity index (χ0v) is 48.0. The number of rotatable bonds is 60. The Morgan fingerprint density at radius 3 is 1.00 bits per heavy atom. The van der Waals surface area contributed by atoms with Crippen molar-refractivity contribution in [2.45, 2.75) is 366 Å². The Morgan fingerprint density at radius 2 is 0.662 bits per heavy atom. The SMILES string of the molecule is CCCCCCCCCCCCCCCCCCCCCCCCC/C=C/C(O)C(CO)NC(=O)CCCCCCC/C=C\CCCCOC(=O)CCCCCCCCCCCCCCCCCCCC. The van der Waals surface area contributed by atoms with E-state index < -0.39 is 12.1 Å². The van der Waals surface area contributed by atoms with Crippen LogP contribution in [0.5, 0.6) is 0 Å².